The third-order valence-electron chi connectivity index (χ3n) is 2.36. The van der Waals surface area contributed by atoms with Gasteiger partial charge in [0.25, 0.3) is 0 Å². The lowest BCUT2D eigenvalue weighted by Gasteiger charge is -2.12. The van der Waals surface area contributed by atoms with Crippen molar-refractivity contribution in [2.75, 3.05) is 6.54 Å². The average molecular weight is 246 g/mol. The van der Waals surface area contributed by atoms with E-state index in [1.165, 1.54) is 0 Å². The number of alkyl halides is 3. The number of pyridine rings is 1. The van der Waals surface area contributed by atoms with E-state index in [9.17, 15) is 18.0 Å². The zero-order valence-electron chi connectivity index (χ0n) is 9.29. The summed E-state index contributed by atoms with van der Waals surface area (Å²) in [6, 6.07) is 0.806. The van der Waals surface area contributed by atoms with Crippen molar-refractivity contribution in [2.24, 2.45) is 11.7 Å². The lowest BCUT2D eigenvalue weighted by molar-refractivity contribution is -0.138. The summed E-state index contributed by atoms with van der Waals surface area (Å²) in [4.78, 5) is 15.2. The quantitative estimate of drug-likeness (QED) is 0.829. The molecule has 0 saturated carbocycles. The van der Waals surface area contributed by atoms with E-state index in [2.05, 4.69) is 4.98 Å². The second kappa shape index (κ2) is 5.27. The first-order chi connectivity index (χ1) is 7.86. The highest BCUT2D eigenvalue weighted by Crippen LogP contribution is 2.32. The molecule has 1 unspecified atom stereocenters. The van der Waals surface area contributed by atoms with Gasteiger partial charge in [0.2, 0.25) is 0 Å². The molecule has 0 bridgehead atoms. The Morgan fingerprint density at radius 2 is 2.18 bits per heavy atom. The molecular formula is C11H13F3N2O. The van der Waals surface area contributed by atoms with E-state index in [-0.39, 0.29) is 24.4 Å². The van der Waals surface area contributed by atoms with E-state index in [0.29, 0.717) is 0 Å². The van der Waals surface area contributed by atoms with Crippen LogP contribution in [0.25, 0.3) is 0 Å². The van der Waals surface area contributed by atoms with E-state index in [1.54, 1.807) is 6.92 Å². The predicted octanol–water partition coefficient (Wildman–Crippen LogP) is 2.27. The van der Waals surface area contributed by atoms with Crippen molar-refractivity contribution in [2.45, 2.75) is 19.5 Å². The van der Waals surface area contributed by atoms with Crippen LogP contribution in [-0.2, 0) is 6.18 Å². The highest BCUT2D eigenvalue weighted by Gasteiger charge is 2.35. The van der Waals surface area contributed by atoms with Crippen LogP contribution in [0, 0.1) is 5.92 Å². The third kappa shape index (κ3) is 3.52. The molecule has 3 nitrogen and oxygen atoms in total. The molecule has 0 spiro atoms. The van der Waals surface area contributed by atoms with E-state index in [1.807, 2.05) is 0 Å². The number of Topliss-reactive ketones (excluding diaryl/α,β-unsaturated/α-hetero) is 1. The van der Waals surface area contributed by atoms with Gasteiger partial charge < -0.3 is 5.73 Å². The van der Waals surface area contributed by atoms with Crippen molar-refractivity contribution in [3.63, 3.8) is 0 Å². The van der Waals surface area contributed by atoms with Crippen LogP contribution < -0.4 is 5.73 Å². The first kappa shape index (κ1) is 13.6. The zero-order chi connectivity index (χ0) is 13.1. The number of halogens is 3. The van der Waals surface area contributed by atoms with Gasteiger partial charge in [-0.05, 0) is 18.5 Å². The summed E-state index contributed by atoms with van der Waals surface area (Å²) in [5.41, 5.74) is 4.00. The molecule has 0 radical (unpaired) electrons. The summed E-state index contributed by atoms with van der Waals surface area (Å²) in [5.74, 6) is -0.729. The summed E-state index contributed by atoms with van der Waals surface area (Å²) in [6.45, 7) is 1.97. The summed E-state index contributed by atoms with van der Waals surface area (Å²) < 4.78 is 37.9. The van der Waals surface area contributed by atoms with Crippen molar-refractivity contribution < 1.29 is 18.0 Å². The Bertz CT molecular complexity index is 404. The Morgan fingerprint density at radius 3 is 2.71 bits per heavy atom. The molecule has 0 aromatic carbocycles. The molecule has 0 aliphatic heterocycles. The number of carbonyl (C=O) groups is 1. The molecule has 1 rings (SSSR count). The normalized spacial score (nSPS) is 13.5. The molecule has 0 aliphatic carbocycles. The Hall–Kier alpha value is -1.43. The highest BCUT2D eigenvalue weighted by atomic mass is 19.4. The zero-order valence-corrected chi connectivity index (χ0v) is 9.29. The lowest BCUT2D eigenvalue weighted by Crippen LogP contribution is -2.18. The largest absolute Gasteiger partial charge is 0.417 e. The maximum Gasteiger partial charge on any atom is 0.417 e. The van der Waals surface area contributed by atoms with Gasteiger partial charge in [0.05, 0.1) is 5.56 Å². The number of rotatable bonds is 4. The molecule has 2 N–H and O–H groups in total. The van der Waals surface area contributed by atoms with Crippen molar-refractivity contribution in [1.29, 1.82) is 0 Å². The van der Waals surface area contributed by atoms with Crippen LogP contribution in [0.3, 0.4) is 0 Å². The lowest BCUT2D eigenvalue weighted by atomic mass is 9.97. The molecule has 0 saturated heterocycles. The van der Waals surface area contributed by atoms with Crippen molar-refractivity contribution in [3.8, 4) is 0 Å². The fraction of sp³-hybridized carbons (Fsp3) is 0.455. The van der Waals surface area contributed by atoms with Gasteiger partial charge in [0, 0.05) is 24.4 Å². The van der Waals surface area contributed by atoms with Gasteiger partial charge >= 0.3 is 6.18 Å². The smallest absolute Gasteiger partial charge is 0.330 e. The highest BCUT2D eigenvalue weighted by molar-refractivity contribution is 5.97. The number of hydrogen-bond donors (Lipinski definition) is 1. The molecule has 1 atom stereocenters. The minimum atomic E-state index is -4.54. The number of nitrogens with two attached hydrogens (primary N) is 1. The minimum absolute atomic E-state index is 0.00866. The summed E-state index contributed by atoms with van der Waals surface area (Å²) in [6.07, 6.45) is -2.58. The van der Waals surface area contributed by atoms with Crippen LogP contribution >= 0.6 is 0 Å². The molecule has 17 heavy (non-hydrogen) atoms. The predicted molar refractivity (Wildman–Crippen MR) is 56.4 cm³/mol. The summed E-state index contributed by atoms with van der Waals surface area (Å²) >= 11 is 0. The molecular weight excluding hydrogens is 233 g/mol. The molecule has 0 fully saturated rings. The molecule has 0 aliphatic rings. The van der Waals surface area contributed by atoms with Gasteiger partial charge in [-0.3, -0.25) is 9.78 Å². The van der Waals surface area contributed by atoms with Crippen LogP contribution in [0.4, 0.5) is 13.2 Å². The van der Waals surface area contributed by atoms with E-state index >= 15 is 0 Å². The van der Waals surface area contributed by atoms with E-state index in [4.69, 9.17) is 5.73 Å². The Kier molecular flexibility index (Phi) is 4.22. The van der Waals surface area contributed by atoms with E-state index in [0.717, 1.165) is 18.5 Å². The fourth-order valence-electron chi connectivity index (χ4n) is 1.37. The van der Waals surface area contributed by atoms with Gasteiger partial charge in [-0.25, -0.2) is 0 Å². The molecule has 94 valence electrons. The number of aromatic nitrogens is 1. The second-order valence-corrected chi connectivity index (χ2v) is 3.89. The van der Waals surface area contributed by atoms with Crippen molar-refractivity contribution in [1.82, 2.24) is 4.98 Å². The number of hydrogen-bond acceptors (Lipinski definition) is 3. The van der Waals surface area contributed by atoms with Crippen LogP contribution in [0.1, 0.15) is 29.3 Å². The number of nitrogens with zero attached hydrogens (tertiary/aromatic N) is 1. The van der Waals surface area contributed by atoms with E-state index < -0.39 is 17.5 Å². The van der Waals surface area contributed by atoms with Crippen molar-refractivity contribution in [3.05, 3.63) is 29.6 Å². The number of carbonyl (C=O) groups excluding carboxylic acids is 1. The van der Waals surface area contributed by atoms with Gasteiger partial charge in [-0.1, -0.05) is 6.92 Å². The topological polar surface area (TPSA) is 56.0 Å². The maximum atomic E-state index is 12.6. The average Bonchev–Trinajstić information content (AvgIpc) is 2.27. The van der Waals surface area contributed by atoms with Crippen LogP contribution in [0.15, 0.2) is 18.5 Å². The molecule has 6 heteroatoms. The first-order valence-corrected chi connectivity index (χ1v) is 5.10. The van der Waals surface area contributed by atoms with Gasteiger partial charge in [0.15, 0.2) is 5.78 Å². The second-order valence-electron chi connectivity index (χ2n) is 3.89. The SMILES string of the molecule is CC(CN)CC(=O)c1cnccc1C(F)(F)F. The van der Waals surface area contributed by atoms with Crippen LogP contribution in [-0.4, -0.2) is 17.3 Å². The summed E-state index contributed by atoms with van der Waals surface area (Å²) in [5, 5.41) is 0. The van der Waals surface area contributed by atoms with Crippen LogP contribution in [0.5, 0.6) is 0 Å². The molecule has 0 amide bonds. The Balaban J connectivity index is 3.02. The Morgan fingerprint density at radius 1 is 1.53 bits per heavy atom. The fourth-order valence-corrected chi connectivity index (χ4v) is 1.37. The molecule has 1 heterocycles. The monoisotopic (exact) mass is 246 g/mol. The molecule has 1 aromatic heterocycles. The molecule has 1 aromatic rings. The van der Waals surface area contributed by atoms with Crippen molar-refractivity contribution >= 4 is 5.78 Å². The minimum Gasteiger partial charge on any atom is -0.330 e. The van der Waals surface area contributed by atoms with Crippen LogP contribution in [0.2, 0.25) is 0 Å². The Labute approximate surface area is 96.8 Å². The standard InChI is InChI=1S/C11H13F3N2O/c1-7(5-15)4-10(17)8-6-16-3-2-9(8)11(12,13)14/h2-3,6-7H,4-5,15H2,1H3. The summed E-state index contributed by atoms with van der Waals surface area (Å²) in [7, 11) is 0. The van der Waals surface area contributed by atoms with Gasteiger partial charge in [-0.2, -0.15) is 13.2 Å². The first-order valence-electron chi connectivity index (χ1n) is 5.10. The third-order valence-corrected chi connectivity index (χ3v) is 2.36. The maximum absolute atomic E-state index is 12.6. The van der Waals surface area contributed by atoms with Gasteiger partial charge in [-0.15, -0.1) is 0 Å². The number of ketones is 1. The van der Waals surface area contributed by atoms with Gasteiger partial charge in [0.1, 0.15) is 0 Å².